The molecule has 194 valence electrons. The third-order valence-electron chi connectivity index (χ3n) is 7.90. The van der Waals surface area contributed by atoms with Gasteiger partial charge in [-0.05, 0) is 85.9 Å². The fourth-order valence-electron chi connectivity index (χ4n) is 5.58. The SMILES string of the molecule is Cc1ccc2c(c1)C(C)(C)c1cc(C)ccc1N2c1cc(C)c(C=C2C(=O)N(C)C(=O)N(C)C2=O)cc1C. The van der Waals surface area contributed by atoms with E-state index in [0.717, 1.165) is 43.6 Å². The van der Waals surface area contributed by atoms with Crippen LogP contribution in [0.3, 0.4) is 0 Å². The summed E-state index contributed by atoms with van der Waals surface area (Å²) in [5.74, 6) is -1.18. The van der Waals surface area contributed by atoms with Crippen LogP contribution in [0.15, 0.2) is 54.1 Å². The van der Waals surface area contributed by atoms with E-state index in [0.29, 0.717) is 0 Å². The summed E-state index contributed by atoms with van der Waals surface area (Å²) in [7, 11) is 2.78. The largest absolute Gasteiger partial charge is 0.333 e. The van der Waals surface area contributed by atoms with E-state index in [9.17, 15) is 14.4 Å². The Morgan fingerprint density at radius 1 is 0.658 bits per heavy atom. The third kappa shape index (κ3) is 3.74. The molecule has 0 atom stereocenters. The van der Waals surface area contributed by atoms with Gasteiger partial charge >= 0.3 is 6.03 Å². The van der Waals surface area contributed by atoms with Crippen LogP contribution in [0.1, 0.15) is 52.8 Å². The quantitative estimate of drug-likeness (QED) is 0.295. The number of fused-ring (bicyclic) bond motifs is 2. The molecule has 6 nitrogen and oxygen atoms in total. The number of barbiturate groups is 1. The van der Waals surface area contributed by atoms with Crippen molar-refractivity contribution >= 4 is 41.0 Å². The fourth-order valence-corrected chi connectivity index (χ4v) is 5.58. The molecule has 1 saturated heterocycles. The summed E-state index contributed by atoms with van der Waals surface area (Å²) >= 11 is 0. The molecule has 0 aromatic heterocycles. The van der Waals surface area contributed by atoms with Crippen molar-refractivity contribution in [1.29, 1.82) is 0 Å². The number of rotatable bonds is 2. The number of nitrogens with zero attached hydrogens (tertiary/aromatic N) is 3. The van der Waals surface area contributed by atoms with Gasteiger partial charge in [0, 0.05) is 25.2 Å². The van der Waals surface area contributed by atoms with Crippen LogP contribution in [0, 0.1) is 27.7 Å². The number of anilines is 3. The Morgan fingerprint density at radius 2 is 1.16 bits per heavy atom. The molecule has 5 rings (SSSR count). The molecule has 0 N–H and O–H groups in total. The Kier molecular flexibility index (Phi) is 5.82. The summed E-state index contributed by atoms with van der Waals surface area (Å²) in [5, 5.41) is 0. The van der Waals surface area contributed by atoms with Crippen molar-refractivity contribution in [3.63, 3.8) is 0 Å². The molecule has 2 heterocycles. The first-order valence-corrected chi connectivity index (χ1v) is 12.8. The van der Waals surface area contributed by atoms with Crippen LogP contribution in [-0.4, -0.2) is 41.7 Å². The van der Waals surface area contributed by atoms with Gasteiger partial charge < -0.3 is 4.90 Å². The van der Waals surface area contributed by atoms with E-state index in [4.69, 9.17) is 0 Å². The third-order valence-corrected chi connectivity index (χ3v) is 7.90. The molecule has 0 spiro atoms. The molecule has 0 saturated carbocycles. The number of benzene rings is 3. The van der Waals surface area contributed by atoms with Gasteiger partial charge in [-0.1, -0.05) is 49.2 Å². The lowest BCUT2D eigenvalue weighted by atomic mass is 9.72. The molecule has 0 unspecified atom stereocenters. The van der Waals surface area contributed by atoms with Gasteiger partial charge in [-0.25, -0.2) is 4.79 Å². The molecule has 3 aromatic rings. The number of carbonyl (C=O) groups is 3. The number of imide groups is 2. The van der Waals surface area contributed by atoms with Crippen molar-refractivity contribution in [2.75, 3.05) is 19.0 Å². The van der Waals surface area contributed by atoms with Crippen molar-refractivity contribution in [2.24, 2.45) is 0 Å². The Hall–Kier alpha value is -4.19. The number of aryl methyl sites for hydroxylation is 4. The summed E-state index contributed by atoms with van der Waals surface area (Å²) < 4.78 is 0. The van der Waals surface area contributed by atoms with E-state index in [-0.39, 0.29) is 11.0 Å². The average molecular weight is 508 g/mol. The normalized spacial score (nSPS) is 16.6. The van der Waals surface area contributed by atoms with E-state index in [2.05, 4.69) is 75.1 Å². The lowest BCUT2D eigenvalue weighted by molar-refractivity contribution is -0.134. The number of hydrogen-bond donors (Lipinski definition) is 0. The van der Waals surface area contributed by atoms with Crippen LogP contribution in [0.4, 0.5) is 21.9 Å². The molecule has 1 fully saturated rings. The molecule has 6 heteroatoms. The second kappa shape index (κ2) is 8.69. The van der Waals surface area contributed by atoms with Crippen LogP contribution in [-0.2, 0) is 15.0 Å². The van der Waals surface area contributed by atoms with Crippen molar-refractivity contribution in [3.8, 4) is 0 Å². The van der Waals surface area contributed by atoms with E-state index < -0.39 is 17.8 Å². The van der Waals surface area contributed by atoms with Crippen LogP contribution >= 0.6 is 0 Å². The average Bonchev–Trinajstić information content (AvgIpc) is 2.87. The smallest absolute Gasteiger partial charge is 0.310 e. The van der Waals surface area contributed by atoms with Crippen molar-refractivity contribution in [2.45, 2.75) is 47.0 Å². The minimum absolute atomic E-state index is 0.0220. The first kappa shape index (κ1) is 25.5. The zero-order valence-electron chi connectivity index (χ0n) is 23.3. The molecule has 0 bridgehead atoms. The van der Waals surface area contributed by atoms with Crippen molar-refractivity contribution in [1.82, 2.24) is 9.80 Å². The van der Waals surface area contributed by atoms with Crippen molar-refractivity contribution in [3.05, 3.63) is 93.0 Å². The van der Waals surface area contributed by atoms with E-state index in [1.165, 1.54) is 36.3 Å². The molecule has 2 aliphatic rings. The molecule has 38 heavy (non-hydrogen) atoms. The molecule has 3 aromatic carbocycles. The van der Waals surface area contributed by atoms with Gasteiger partial charge in [-0.3, -0.25) is 19.4 Å². The molecular formula is C32H33N3O3. The summed E-state index contributed by atoms with van der Waals surface area (Å²) in [6, 6.07) is 16.7. The van der Waals surface area contributed by atoms with E-state index in [1.807, 2.05) is 19.9 Å². The first-order valence-electron chi connectivity index (χ1n) is 12.8. The second-order valence-corrected chi connectivity index (χ2v) is 11.1. The Morgan fingerprint density at radius 3 is 1.66 bits per heavy atom. The summed E-state index contributed by atoms with van der Waals surface area (Å²) in [5.41, 5.74) is 10.8. The predicted molar refractivity (Wildman–Crippen MR) is 151 cm³/mol. The highest BCUT2D eigenvalue weighted by atomic mass is 16.2. The van der Waals surface area contributed by atoms with Gasteiger partial charge in [-0.2, -0.15) is 0 Å². The maximum atomic E-state index is 12.8. The zero-order valence-corrected chi connectivity index (χ0v) is 23.3. The summed E-state index contributed by atoms with van der Waals surface area (Å²) in [4.78, 5) is 42.0. The van der Waals surface area contributed by atoms with E-state index >= 15 is 0 Å². The number of hydrogen-bond acceptors (Lipinski definition) is 4. The van der Waals surface area contributed by atoms with Gasteiger partial charge in [0.25, 0.3) is 11.8 Å². The predicted octanol–water partition coefficient (Wildman–Crippen LogP) is 6.46. The number of urea groups is 1. The number of carbonyl (C=O) groups excluding carboxylic acids is 3. The molecule has 2 aliphatic heterocycles. The first-order chi connectivity index (χ1) is 17.8. The highest BCUT2D eigenvalue weighted by molar-refractivity contribution is 6.30. The van der Waals surface area contributed by atoms with Crippen LogP contribution < -0.4 is 4.90 Å². The Balaban J connectivity index is 1.68. The standard InChI is InChI=1S/C32H33N3O3/c1-18-9-11-26-24(13-18)32(5,6)25-14-19(2)10-12-27(25)35(26)28-16-20(3)22(15-21(28)4)17-23-29(36)33(7)31(38)34(8)30(23)37/h9-17H,1-8H3. The maximum absolute atomic E-state index is 12.8. The van der Waals surface area contributed by atoms with Gasteiger partial charge in [0.1, 0.15) is 5.57 Å². The zero-order chi connectivity index (χ0) is 27.7. The molecular weight excluding hydrogens is 474 g/mol. The molecule has 0 radical (unpaired) electrons. The number of amides is 4. The minimum atomic E-state index is -0.628. The highest BCUT2D eigenvalue weighted by Crippen LogP contribution is 2.53. The minimum Gasteiger partial charge on any atom is -0.310 e. The van der Waals surface area contributed by atoms with Gasteiger partial charge in [-0.15, -0.1) is 0 Å². The monoisotopic (exact) mass is 507 g/mol. The van der Waals surface area contributed by atoms with Crippen LogP contribution in [0.2, 0.25) is 0 Å². The molecule has 4 amide bonds. The summed E-state index contributed by atoms with van der Waals surface area (Å²) in [6.45, 7) is 12.8. The van der Waals surface area contributed by atoms with Gasteiger partial charge in [0.15, 0.2) is 0 Å². The van der Waals surface area contributed by atoms with Gasteiger partial charge in [0.05, 0.1) is 11.4 Å². The topological polar surface area (TPSA) is 60.9 Å². The van der Waals surface area contributed by atoms with E-state index in [1.54, 1.807) is 6.08 Å². The summed E-state index contributed by atoms with van der Waals surface area (Å²) in [6.07, 6.45) is 1.60. The lowest BCUT2D eigenvalue weighted by Gasteiger charge is -2.43. The molecule has 0 aliphatic carbocycles. The van der Waals surface area contributed by atoms with Crippen molar-refractivity contribution < 1.29 is 14.4 Å². The Labute approximate surface area is 224 Å². The maximum Gasteiger partial charge on any atom is 0.333 e. The van der Waals surface area contributed by atoms with Crippen LogP contribution in [0.25, 0.3) is 6.08 Å². The Bertz CT molecular complexity index is 1500. The number of likely N-dealkylation sites (N-methyl/N-ethyl adjacent to an activating group) is 2. The fraction of sp³-hybridized carbons (Fsp3) is 0.281. The lowest BCUT2D eigenvalue weighted by Crippen LogP contribution is -2.52. The van der Waals surface area contributed by atoms with Crippen LogP contribution in [0.5, 0.6) is 0 Å². The van der Waals surface area contributed by atoms with Gasteiger partial charge in [0.2, 0.25) is 0 Å². The second-order valence-electron chi connectivity index (χ2n) is 11.1. The highest BCUT2D eigenvalue weighted by Gasteiger charge is 2.39.